The van der Waals surface area contributed by atoms with Crippen molar-refractivity contribution in [2.24, 2.45) is 0 Å². The van der Waals surface area contributed by atoms with E-state index in [0.29, 0.717) is 0 Å². The molecule has 7 aromatic carbocycles. The van der Waals surface area contributed by atoms with Crippen LogP contribution < -0.4 is 42.3 Å². The van der Waals surface area contributed by atoms with Crippen molar-refractivity contribution in [1.29, 1.82) is 0 Å². The lowest BCUT2D eigenvalue weighted by molar-refractivity contribution is 0.469. The van der Waals surface area contributed by atoms with Crippen molar-refractivity contribution in [3.63, 3.8) is 0 Å². The first-order valence-corrected chi connectivity index (χ1v) is 16.0. The molecule has 4 heteroatoms. The van der Waals surface area contributed by atoms with Gasteiger partial charge in [0.2, 0.25) is 0 Å². The van der Waals surface area contributed by atoms with Gasteiger partial charge in [0.05, 0.1) is 0 Å². The largest absolute Gasteiger partial charge is 0.459 e. The summed E-state index contributed by atoms with van der Waals surface area (Å²) >= 11 is 0. The number of hydrogen-bond acceptors (Lipinski definition) is 2. The molecule has 0 amide bonds. The van der Waals surface area contributed by atoms with Crippen LogP contribution >= 0.6 is 0 Å². The molecule has 0 N–H and O–H groups in total. The van der Waals surface area contributed by atoms with Crippen molar-refractivity contribution < 1.29 is 9.47 Å². The molecule has 7 aromatic rings. The second-order valence-electron chi connectivity index (χ2n) is 12.7. The summed E-state index contributed by atoms with van der Waals surface area (Å²) in [7, 11) is 0. The van der Waals surface area contributed by atoms with Crippen LogP contribution in [-0.4, -0.2) is 13.4 Å². The number of hydrogen-bond donors (Lipinski definition) is 0. The molecule has 0 aromatic heterocycles. The Kier molecular flexibility index (Phi) is 4.77. The zero-order chi connectivity index (χ0) is 29.9. The summed E-state index contributed by atoms with van der Waals surface area (Å²) in [4.78, 5) is 0. The van der Waals surface area contributed by atoms with Crippen molar-refractivity contribution >= 4 is 46.2 Å². The molecule has 0 saturated heterocycles. The van der Waals surface area contributed by atoms with Crippen molar-refractivity contribution in [2.75, 3.05) is 0 Å². The van der Waals surface area contributed by atoms with Gasteiger partial charge in [-0.15, -0.1) is 0 Å². The highest BCUT2D eigenvalue weighted by molar-refractivity contribution is 7.02. The van der Waals surface area contributed by atoms with Crippen molar-refractivity contribution in [2.45, 2.75) is 0 Å². The monoisotopic (exact) mass is 582 g/mol. The lowest BCUT2D eigenvalue weighted by Crippen LogP contribution is -2.61. The zero-order valence-corrected chi connectivity index (χ0v) is 24.8. The van der Waals surface area contributed by atoms with Crippen LogP contribution in [0.5, 0.6) is 23.0 Å². The molecule has 210 valence electrons. The quantitative estimate of drug-likeness (QED) is 0.198. The maximum Gasteiger partial charge on any atom is 0.257 e. The smallest absolute Gasteiger partial charge is 0.257 e. The maximum absolute atomic E-state index is 7.17. The summed E-state index contributed by atoms with van der Waals surface area (Å²) in [5.74, 6) is 3.60. The minimum atomic E-state index is -0.0588. The van der Waals surface area contributed by atoms with Crippen LogP contribution in [0.3, 0.4) is 0 Å². The summed E-state index contributed by atoms with van der Waals surface area (Å²) in [6.45, 7) is -0.0461. The van der Waals surface area contributed by atoms with E-state index in [-0.39, 0.29) is 13.4 Å². The number of rotatable bonds is 0. The predicted octanol–water partition coefficient (Wildman–Crippen LogP) is 6.23. The third-order valence-corrected chi connectivity index (χ3v) is 10.5. The van der Waals surface area contributed by atoms with Crippen LogP contribution in [0.2, 0.25) is 0 Å². The lowest BCUT2D eigenvalue weighted by Gasteiger charge is -2.35. The Labute approximate surface area is 268 Å². The Balaban J connectivity index is 1.25. The average Bonchev–Trinajstić information content (AvgIpc) is 3.33. The third kappa shape index (κ3) is 3.08. The zero-order valence-electron chi connectivity index (χ0n) is 24.8. The van der Waals surface area contributed by atoms with E-state index in [4.69, 9.17) is 9.47 Å². The van der Waals surface area contributed by atoms with Crippen molar-refractivity contribution in [1.82, 2.24) is 0 Å². The predicted molar refractivity (Wildman–Crippen MR) is 191 cm³/mol. The Morgan fingerprint density at radius 2 is 0.717 bits per heavy atom. The van der Waals surface area contributed by atoms with Crippen LogP contribution in [0, 0.1) is 0 Å². The van der Waals surface area contributed by atoms with Gasteiger partial charge in [-0.25, -0.2) is 0 Å². The minimum absolute atomic E-state index is 0.0127. The molecule has 0 bridgehead atoms. The molecular formula is C42H24B2O2. The number of benzene rings is 7. The van der Waals surface area contributed by atoms with Gasteiger partial charge in [0, 0.05) is 5.46 Å². The van der Waals surface area contributed by atoms with Gasteiger partial charge in [0.1, 0.15) is 23.0 Å². The molecule has 4 aliphatic rings. The van der Waals surface area contributed by atoms with Gasteiger partial charge >= 0.3 is 0 Å². The lowest BCUT2D eigenvalue weighted by atomic mass is 9.31. The molecule has 0 radical (unpaired) electrons. The molecule has 2 nitrogen and oxygen atoms in total. The van der Waals surface area contributed by atoms with Crippen molar-refractivity contribution in [3.8, 4) is 67.5 Å². The van der Waals surface area contributed by atoms with Gasteiger partial charge in [-0.1, -0.05) is 138 Å². The fourth-order valence-electron chi connectivity index (χ4n) is 8.69. The van der Waals surface area contributed by atoms with Gasteiger partial charge in [-0.05, 0) is 79.1 Å². The van der Waals surface area contributed by atoms with Crippen LogP contribution in [0.4, 0.5) is 0 Å². The van der Waals surface area contributed by atoms with E-state index < -0.39 is 0 Å². The Hall–Kier alpha value is -5.73. The van der Waals surface area contributed by atoms with Gasteiger partial charge in [0.25, 0.3) is 13.4 Å². The molecule has 0 atom stereocenters. The maximum atomic E-state index is 7.17. The van der Waals surface area contributed by atoms with E-state index >= 15 is 0 Å². The highest BCUT2D eigenvalue weighted by atomic mass is 16.5. The first kappa shape index (κ1) is 24.6. The summed E-state index contributed by atoms with van der Waals surface area (Å²) in [5.41, 5.74) is 17.3. The summed E-state index contributed by atoms with van der Waals surface area (Å²) in [6, 6.07) is 52.8. The summed E-state index contributed by atoms with van der Waals surface area (Å²) in [5, 5.41) is 0. The molecule has 0 spiro atoms. The average molecular weight is 582 g/mol. The van der Waals surface area contributed by atoms with Crippen LogP contribution in [0.25, 0.3) is 44.5 Å². The highest BCUT2D eigenvalue weighted by Gasteiger charge is 2.45. The van der Waals surface area contributed by atoms with E-state index in [1.54, 1.807) is 0 Å². The molecule has 0 saturated carbocycles. The highest BCUT2D eigenvalue weighted by Crippen LogP contribution is 2.42. The summed E-state index contributed by atoms with van der Waals surface area (Å²) in [6.07, 6.45) is 0. The van der Waals surface area contributed by atoms with E-state index in [2.05, 4.69) is 146 Å². The van der Waals surface area contributed by atoms with Gasteiger partial charge in [0.15, 0.2) is 0 Å². The third-order valence-electron chi connectivity index (χ3n) is 10.5. The van der Waals surface area contributed by atoms with Gasteiger partial charge in [-0.2, -0.15) is 0 Å². The fraction of sp³-hybridized carbons (Fsp3) is 0. The first-order chi connectivity index (χ1) is 22.8. The van der Waals surface area contributed by atoms with Crippen LogP contribution in [-0.2, 0) is 0 Å². The second-order valence-corrected chi connectivity index (χ2v) is 12.7. The molecule has 0 fully saturated rings. The topological polar surface area (TPSA) is 18.5 Å². The Morgan fingerprint density at radius 1 is 0.283 bits per heavy atom. The van der Waals surface area contributed by atoms with E-state index in [1.165, 1.54) is 71.8 Å². The van der Waals surface area contributed by atoms with Gasteiger partial charge in [-0.3, -0.25) is 0 Å². The summed E-state index contributed by atoms with van der Waals surface area (Å²) < 4.78 is 14.0. The Bertz CT molecular complexity index is 2460. The molecular weight excluding hydrogens is 558 g/mol. The number of fused-ring (bicyclic) bond motifs is 15. The molecule has 4 aliphatic heterocycles. The fourth-order valence-corrected chi connectivity index (χ4v) is 8.69. The first-order valence-electron chi connectivity index (χ1n) is 16.0. The molecule has 11 rings (SSSR count). The number of ether oxygens (including phenoxy) is 2. The van der Waals surface area contributed by atoms with Crippen molar-refractivity contribution in [3.05, 3.63) is 146 Å². The van der Waals surface area contributed by atoms with Gasteiger partial charge < -0.3 is 9.47 Å². The molecule has 46 heavy (non-hydrogen) atoms. The van der Waals surface area contributed by atoms with E-state index in [1.807, 2.05) is 0 Å². The van der Waals surface area contributed by atoms with E-state index in [9.17, 15) is 0 Å². The molecule has 0 unspecified atom stereocenters. The van der Waals surface area contributed by atoms with Crippen LogP contribution in [0.15, 0.2) is 146 Å². The minimum Gasteiger partial charge on any atom is -0.459 e. The SMILES string of the molecule is c1ccc2c(c1)B1c3ccc4c(c3Oc3cccc(c31)-c1ccccc1-2)B1c2ccccc2-c2ccccc2-c2cccc(c21)O4. The normalized spacial score (nSPS) is 13.5. The molecule has 4 heterocycles. The Morgan fingerprint density at radius 3 is 1.33 bits per heavy atom. The van der Waals surface area contributed by atoms with Crippen LogP contribution in [0.1, 0.15) is 0 Å². The second kappa shape index (κ2) is 8.93. The standard InChI is InChI=1S/C42H24B2O2/c1-3-13-27-25(11-1)29-15-5-7-19-33(29)43-35-23-24-38-41(42(35)46-37-22-10-17-31(27)39(37)43)44-34-20-8-6-16-30(34)26-12-2-4-14-28(26)32-18-9-21-36(45-38)40(32)44/h1-24H. The van der Waals surface area contributed by atoms with E-state index in [0.717, 1.165) is 28.5 Å². The molecule has 0 aliphatic carbocycles.